The third kappa shape index (κ3) is 8.46. The van der Waals surface area contributed by atoms with E-state index in [1.165, 1.54) is 19.3 Å². The van der Waals surface area contributed by atoms with E-state index in [0.717, 1.165) is 12.8 Å². The number of rotatable bonds is 12. The molecule has 0 amide bonds. The topological polar surface area (TPSA) is 98.1 Å². The van der Waals surface area contributed by atoms with Crippen molar-refractivity contribution in [3.05, 3.63) is 10.4 Å². The molecule has 1 unspecified atom stereocenters. The predicted octanol–water partition coefficient (Wildman–Crippen LogP) is 3.48. The van der Waals surface area contributed by atoms with Crippen molar-refractivity contribution in [1.82, 2.24) is 5.32 Å². The van der Waals surface area contributed by atoms with Crippen LogP contribution in [0.3, 0.4) is 0 Å². The smallest absolute Gasteiger partial charge is 0.323 e. The van der Waals surface area contributed by atoms with Gasteiger partial charge in [0.25, 0.3) is 0 Å². The van der Waals surface area contributed by atoms with Crippen LogP contribution in [0.4, 0.5) is 0 Å². The van der Waals surface area contributed by atoms with Crippen molar-refractivity contribution in [3.63, 3.8) is 0 Å². The van der Waals surface area contributed by atoms with E-state index < -0.39 is 11.5 Å². The largest absolute Gasteiger partial charge is 0.480 e. The maximum Gasteiger partial charge on any atom is 0.323 e. The first kappa shape index (κ1) is 17.7. The molecule has 6 nitrogen and oxygen atoms in total. The van der Waals surface area contributed by atoms with Crippen LogP contribution >= 0.6 is 0 Å². The molecule has 0 saturated heterocycles. The fourth-order valence-electron chi connectivity index (χ4n) is 1.91. The molecular weight excluding hydrogens is 244 g/mol. The molecule has 0 aliphatic carbocycles. The molecule has 1 atom stereocenters. The molecule has 19 heavy (non-hydrogen) atoms. The van der Waals surface area contributed by atoms with Gasteiger partial charge in [0.15, 0.2) is 0 Å². The molecule has 0 rings (SSSR count). The average Bonchev–Trinajstić information content (AvgIpc) is 2.38. The highest BCUT2D eigenvalue weighted by Crippen LogP contribution is 2.16. The van der Waals surface area contributed by atoms with Crippen LogP contribution in [0, 0.1) is 0 Å². The molecule has 110 valence electrons. The summed E-state index contributed by atoms with van der Waals surface area (Å²) >= 11 is 0. The van der Waals surface area contributed by atoms with Gasteiger partial charge < -0.3 is 10.4 Å². The molecule has 0 aliphatic rings. The lowest BCUT2D eigenvalue weighted by atomic mass is 9.94. The van der Waals surface area contributed by atoms with E-state index in [1.54, 1.807) is 6.92 Å². The molecule has 2 N–H and O–H groups in total. The van der Waals surface area contributed by atoms with Crippen molar-refractivity contribution in [3.8, 4) is 0 Å². The molecule has 0 aromatic heterocycles. The zero-order valence-electron chi connectivity index (χ0n) is 12.1. The average molecular weight is 270 g/mol. The summed E-state index contributed by atoms with van der Waals surface area (Å²) in [6, 6.07) is 0. The number of aliphatic carboxylic acids is 1. The van der Waals surface area contributed by atoms with Gasteiger partial charge in [-0.15, -0.1) is 0 Å². The monoisotopic (exact) mass is 270 g/mol. The Kier molecular flexibility index (Phi) is 9.94. The first-order valence-corrected chi connectivity index (χ1v) is 7.06. The zero-order chi connectivity index (χ0) is 14.6. The van der Waals surface area contributed by atoms with Crippen molar-refractivity contribution >= 4 is 5.97 Å². The van der Waals surface area contributed by atoms with Crippen molar-refractivity contribution in [1.29, 1.82) is 0 Å². The van der Waals surface area contributed by atoms with Crippen LogP contribution in [-0.2, 0) is 4.79 Å². The Bertz CT molecular complexity index is 303. The minimum atomic E-state index is -0.872. The second kappa shape index (κ2) is 10.6. The maximum atomic E-state index is 11.3. The third-order valence-corrected chi connectivity index (χ3v) is 3.27. The third-order valence-electron chi connectivity index (χ3n) is 3.27. The summed E-state index contributed by atoms with van der Waals surface area (Å²) in [6.07, 6.45) is 6.86. The number of unbranched alkanes of at least 4 members (excludes halogenated alkanes) is 4. The van der Waals surface area contributed by atoms with Gasteiger partial charge >= 0.3 is 5.97 Å². The number of hydrogen-bond acceptors (Lipinski definition) is 3. The fraction of sp³-hybridized carbons (Fsp3) is 0.923. The maximum absolute atomic E-state index is 11.3. The first-order valence-electron chi connectivity index (χ1n) is 7.06. The first-order chi connectivity index (χ1) is 9.06. The van der Waals surface area contributed by atoms with Crippen LogP contribution in [0.2, 0.25) is 0 Å². The molecule has 0 bridgehead atoms. The highest BCUT2D eigenvalue weighted by molar-refractivity contribution is 5.78. The summed E-state index contributed by atoms with van der Waals surface area (Å²) in [6.45, 7) is 4.84. The number of carbonyl (C=O) groups is 1. The van der Waals surface area contributed by atoms with Crippen LogP contribution in [0.15, 0.2) is 5.11 Å². The van der Waals surface area contributed by atoms with E-state index in [2.05, 4.69) is 22.3 Å². The molecule has 0 radical (unpaired) electrons. The number of carboxylic acids is 1. The summed E-state index contributed by atoms with van der Waals surface area (Å²) in [4.78, 5) is 14.0. The van der Waals surface area contributed by atoms with Gasteiger partial charge in [-0.3, -0.25) is 4.79 Å². The summed E-state index contributed by atoms with van der Waals surface area (Å²) in [5, 5.41) is 15.8. The summed E-state index contributed by atoms with van der Waals surface area (Å²) in [5.41, 5.74) is 7.27. The van der Waals surface area contributed by atoms with E-state index in [-0.39, 0.29) is 0 Å². The molecule has 0 aliphatic heterocycles. The van der Waals surface area contributed by atoms with Crippen molar-refractivity contribution in [2.75, 3.05) is 13.1 Å². The normalized spacial score (nSPS) is 13.6. The van der Waals surface area contributed by atoms with Gasteiger partial charge in [-0.25, -0.2) is 0 Å². The minimum Gasteiger partial charge on any atom is -0.480 e. The lowest BCUT2D eigenvalue weighted by Gasteiger charge is -2.26. The highest BCUT2D eigenvalue weighted by atomic mass is 16.4. The fourth-order valence-corrected chi connectivity index (χ4v) is 1.91. The molecule has 6 heteroatoms. The quantitative estimate of drug-likeness (QED) is 0.246. The Labute approximate surface area is 115 Å². The molecule has 0 heterocycles. The van der Waals surface area contributed by atoms with E-state index in [9.17, 15) is 9.90 Å². The molecule has 0 saturated carbocycles. The summed E-state index contributed by atoms with van der Waals surface area (Å²) in [5.74, 6) is -0.813. The predicted molar refractivity (Wildman–Crippen MR) is 76.0 cm³/mol. The number of azide groups is 1. The molecule has 0 aromatic rings. The van der Waals surface area contributed by atoms with Gasteiger partial charge in [0.1, 0.15) is 5.54 Å². The van der Waals surface area contributed by atoms with Gasteiger partial charge in [-0.2, -0.15) is 0 Å². The number of carboxylic acid groups (broad SMARTS) is 1. The van der Waals surface area contributed by atoms with Gasteiger partial charge in [0.2, 0.25) is 0 Å². The molecular formula is C13H26N4O2. The number of hydrogen-bond donors (Lipinski definition) is 2. The van der Waals surface area contributed by atoms with Crippen molar-refractivity contribution < 1.29 is 9.90 Å². The Morgan fingerprint density at radius 1 is 1.32 bits per heavy atom. The SMILES string of the molecule is CCCCCCCC(C)(NCCCN=[N+]=[N-])C(=O)O. The van der Waals surface area contributed by atoms with Crippen LogP contribution in [0.1, 0.15) is 58.8 Å². The standard InChI is InChI=1S/C13H26N4O2/c1-3-4-5-6-7-9-13(2,12(18)19)15-10-8-11-16-17-14/h15H,3-11H2,1-2H3,(H,18,19). The van der Waals surface area contributed by atoms with E-state index >= 15 is 0 Å². The second-order valence-corrected chi connectivity index (χ2v) is 5.04. The van der Waals surface area contributed by atoms with Gasteiger partial charge in [-0.1, -0.05) is 44.1 Å². The Balaban J connectivity index is 3.97. The highest BCUT2D eigenvalue weighted by Gasteiger charge is 2.31. The molecule has 0 aromatic carbocycles. The van der Waals surface area contributed by atoms with E-state index in [0.29, 0.717) is 25.9 Å². The van der Waals surface area contributed by atoms with Crippen LogP contribution < -0.4 is 5.32 Å². The Hall–Kier alpha value is -1.26. The van der Waals surface area contributed by atoms with Crippen molar-refractivity contribution in [2.45, 2.75) is 64.3 Å². The second-order valence-electron chi connectivity index (χ2n) is 5.04. The Morgan fingerprint density at radius 2 is 2.00 bits per heavy atom. The van der Waals surface area contributed by atoms with E-state index in [1.807, 2.05) is 0 Å². The zero-order valence-corrected chi connectivity index (χ0v) is 12.1. The van der Waals surface area contributed by atoms with Gasteiger partial charge in [0.05, 0.1) is 0 Å². The van der Waals surface area contributed by atoms with Crippen LogP contribution in [0.25, 0.3) is 10.4 Å². The van der Waals surface area contributed by atoms with E-state index in [4.69, 9.17) is 5.53 Å². The lowest BCUT2D eigenvalue weighted by Crippen LogP contribution is -2.49. The number of nitrogens with zero attached hydrogens (tertiary/aromatic N) is 3. The van der Waals surface area contributed by atoms with Crippen LogP contribution in [0.5, 0.6) is 0 Å². The summed E-state index contributed by atoms with van der Waals surface area (Å²) < 4.78 is 0. The molecule has 0 spiro atoms. The summed E-state index contributed by atoms with van der Waals surface area (Å²) in [7, 11) is 0. The Morgan fingerprint density at radius 3 is 2.58 bits per heavy atom. The number of nitrogens with one attached hydrogen (secondary N) is 1. The minimum absolute atomic E-state index is 0.399. The van der Waals surface area contributed by atoms with Crippen molar-refractivity contribution in [2.24, 2.45) is 5.11 Å². The van der Waals surface area contributed by atoms with Gasteiger partial charge in [-0.05, 0) is 31.8 Å². The van der Waals surface area contributed by atoms with Gasteiger partial charge in [0, 0.05) is 11.5 Å². The molecule has 0 fully saturated rings. The van der Waals surface area contributed by atoms with Crippen LogP contribution in [-0.4, -0.2) is 29.7 Å². The lowest BCUT2D eigenvalue weighted by molar-refractivity contribution is -0.144.